The van der Waals surface area contributed by atoms with Crippen molar-refractivity contribution in [2.75, 3.05) is 12.4 Å². The monoisotopic (exact) mass is 509 g/mol. The number of benzene rings is 3. The van der Waals surface area contributed by atoms with E-state index in [1.165, 1.54) is 7.11 Å². The third-order valence-electron chi connectivity index (χ3n) is 4.85. The molecule has 8 heteroatoms. The number of nitrogens with one attached hydrogen (secondary N) is 2. The van der Waals surface area contributed by atoms with Crippen molar-refractivity contribution in [2.45, 2.75) is 13.8 Å². The summed E-state index contributed by atoms with van der Waals surface area (Å²) in [4.78, 5) is 17.3. The van der Waals surface area contributed by atoms with E-state index in [0.29, 0.717) is 17.2 Å². The summed E-state index contributed by atoms with van der Waals surface area (Å²) in [7, 11) is 1.53. The summed E-state index contributed by atoms with van der Waals surface area (Å²) in [5.41, 5.74) is 5.49. The number of nitrogens with zero attached hydrogens (tertiary/aromatic N) is 1. The van der Waals surface area contributed by atoms with Crippen molar-refractivity contribution in [1.29, 1.82) is 0 Å². The molecule has 32 heavy (non-hydrogen) atoms. The molecular formula is C24H20BrN3O3S. The van der Waals surface area contributed by atoms with Crippen LogP contribution in [0.1, 0.15) is 21.5 Å². The molecular weight excluding hydrogens is 490 g/mol. The number of carbonyl (C=O) groups is 1. The number of thiocarbonyl (C=S) groups is 1. The first-order chi connectivity index (χ1) is 15.3. The van der Waals surface area contributed by atoms with E-state index in [2.05, 4.69) is 31.5 Å². The molecule has 0 atom stereocenters. The lowest BCUT2D eigenvalue weighted by Crippen LogP contribution is -2.34. The van der Waals surface area contributed by atoms with Crippen LogP contribution < -0.4 is 15.4 Å². The van der Waals surface area contributed by atoms with Crippen LogP contribution >= 0.6 is 28.1 Å². The maximum atomic E-state index is 12.7. The van der Waals surface area contributed by atoms with Gasteiger partial charge in [0, 0.05) is 15.7 Å². The zero-order valence-electron chi connectivity index (χ0n) is 17.7. The minimum absolute atomic E-state index is 0.180. The lowest BCUT2D eigenvalue weighted by atomic mass is 10.1. The molecule has 4 rings (SSSR count). The van der Waals surface area contributed by atoms with Crippen molar-refractivity contribution < 1.29 is 13.9 Å². The molecule has 0 saturated heterocycles. The van der Waals surface area contributed by atoms with Crippen LogP contribution in [0.2, 0.25) is 0 Å². The van der Waals surface area contributed by atoms with Gasteiger partial charge >= 0.3 is 0 Å². The summed E-state index contributed by atoms with van der Waals surface area (Å²) in [6.45, 7) is 3.88. The van der Waals surface area contributed by atoms with Crippen LogP contribution in [0.15, 0.2) is 63.5 Å². The highest BCUT2D eigenvalue weighted by molar-refractivity contribution is 9.10. The van der Waals surface area contributed by atoms with Gasteiger partial charge in [-0.25, -0.2) is 4.98 Å². The number of anilines is 1. The summed E-state index contributed by atoms with van der Waals surface area (Å²) in [5.74, 6) is 0.693. The van der Waals surface area contributed by atoms with E-state index in [0.717, 1.165) is 38.0 Å². The minimum atomic E-state index is -0.359. The molecule has 1 heterocycles. The number of amides is 1. The summed E-state index contributed by atoms with van der Waals surface area (Å²) in [5, 5.41) is 5.89. The molecule has 6 nitrogen and oxygen atoms in total. The molecule has 0 aliphatic heterocycles. The Morgan fingerprint density at radius 3 is 2.56 bits per heavy atom. The summed E-state index contributed by atoms with van der Waals surface area (Å²) in [6.07, 6.45) is 0. The van der Waals surface area contributed by atoms with Gasteiger partial charge in [0.05, 0.1) is 12.7 Å². The number of oxazole rings is 1. The maximum Gasteiger partial charge on any atom is 0.261 e. The largest absolute Gasteiger partial charge is 0.496 e. The molecule has 0 aliphatic rings. The SMILES string of the molecule is COc1c(C)cc(Br)cc1C(=O)NC(=S)Nc1ccc(-c2nc3ccc(C)cc3o2)cc1. The lowest BCUT2D eigenvalue weighted by Gasteiger charge is -2.14. The third kappa shape index (κ3) is 4.66. The Morgan fingerprint density at radius 2 is 1.84 bits per heavy atom. The molecule has 162 valence electrons. The molecule has 0 unspecified atom stereocenters. The molecule has 0 saturated carbocycles. The number of ether oxygens (including phenoxy) is 1. The van der Waals surface area contributed by atoms with Crippen molar-refractivity contribution in [3.8, 4) is 17.2 Å². The smallest absolute Gasteiger partial charge is 0.261 e. The van der Waals surface area contributed by atoms with Crippen LogP contribution in [0.4, 0.5) is 5.69 Å². The predicted molar refractivity (Wildman–Crippen MR) is 133 cm³/mol. The fourth-order valence-corrected chi connectivity index (χ4v) is 4.14. The van der Waals surface area contributed by atoms with Gasteiger partial charge in [-0.3, -0.25) is 10.1 Å². The van der Waals surface area contributed by atoms with Crippen LogP contribution in [0, 0.1) is 13.8 Å². The van der Waals surface area contributed by atoms with E-state index in [4.69, 9.17) is 21.4 Å². The molecule has 2 N–H and O–H groups in total. The molecule has 3 aromatic carbocycles. The second kappa shape index (κ2) is 9.10. The average molecular weight is 510 g/mol. The Bertz CT molecular complexity index is 1330. The highest BCUT2D eigenvalue weighted by Gasteiger charge is 2.17. The summed E-state index contributed by atoms with van der Waals surface area (Å²) in [6, 6.07) is 16.9. The average Bonchev–Trinajstić information content (AvgIpc) is 3.16. The molecule has 0 radical (unpaired) electrons. The highest BCUT2D eigenvalue weighted by Crippen LogP contribution is 2.28. The van der Waals surface area contributed by atoms with E-state index in [1.54, 1.807) is 6.07 Å². The Kier molecular flexibility index (Phi) is 6.25. The Morgan fingerprint density at radius 1 is 1.09 bits per heavy atom. The number of rotatable bonds is 4. The van der Waals surface area contributed by atoms with Crippen LogP contribution in [0.25, 0.3) is 22.6 Å². The van der Waals surface area contributed by atoms with Crippen molar-refractivity contribution in [2.24, 2.45) is 0 Å². The Hall–Kier alpha value is -3.23. The second-order valence-corrected chi connectivity index (χ2v) is 8.60. The molecule has 0 bridgehead atoms. The van der Waals surface area contributed by atoms with E-state index in [1.807, 2.05) is 62.4 Å². The van der Waals surface area contributed by atoms with Gasteiger partial charge in [0.1, 0.15) is 11.3 Å². The standard InChI is InChI=1S/C24H20BrN3O3S/c1-13-4-9-19-20(10-13)31-23(27-19)15-5-7-17(8-6-15)26-24(32)28-22(29)18-12-16(25)11-14(2)21(18)30-3/h4-12H,1-3H3,(H2,26,28,29,32). The molecule has 0 fully saturated rings. The van der Waals surface area contributed by atoms with Gasteiger partial charge in [-0.1, -0.05) is 22.0 Å². The van der Waals surface area contributed by atoms with Gasteiger partial charge < -0.3 is 14.5 Å². The normalized spacial score (nSPS) is 10.8. The zero-order valence-corrected chi connectivity index (χ0v) is 20.1. The molecule has 1 amide bonds. The van der Waals surface area contributed by atoms with Gasteiger partial charge in [0.25, 0.3) is 5.91 Å². The number of aryl methyl sites for hydroxylation is 2. The van der Waals surface area contributed by atoms with Gasteiger partial charge in [0.2, 0.25) is 5.89 Å². The van der Waals surface area contributed by atoms with Gasteiger partial charge in [-0.05, 0) is 85.7 Å². The lowest BCUT2D eigenvalue weighted by molar-refractivity contribution is 0.0974. The quantitative estimate of drug-likeness (QED) is 0.328. The molecule has 0 aliphatic carbocycles. The number of aromatic nitrogens is 1. The van der Waals surface area contributed by atoms with Crippen LogP contribution in [-0.2, 0) is 0 Å². The first-order valence-corrected chi connectivity index (χ1v) is 11.0. The minimum Gasteiger partial charge on any atom is -0.496 e. The number of fused-ring (bicyclic) bond motifs is 1. The van der Waals surface area contributed by atoms with Crippen molar-refractivity contribution in [3.63, 3.8) is 0 Å². The van der Waals surface area contributed by atoms with Crippen molar-refractivity contribution in [3.05, 3.63) is 75.8 Å². The molecule has 1 aromatic heterocycles. The van der Waals surface area contributed by atoms with Crippen LogP contribution in [0.5, 0.6) is 5.75 Å². The van der Waals surface area contributed by atoms with Crippen molar-refractivity contribution in [1.82, 2.24) is 10.3 Å². The van der Waals surface area contributed by atoms with Crippen LogP contribution in [-0.4, -0.2) is 23.1 Å². The number of halogens is 1. The highest BCUT2D eigenvalue weighted by atomic mass is 79.9. The number of hydrogen-bond acceptors (Lipinski definition) is 5. The van der Waals surface area contributed by atoms with Crippen LogP contribution in [0.3, 0.4) is 0 Å². The Balaban J connectivity index is 1.45. The van der Waals surface area contributed by atoms with Gasteiger partial charge in [0.15, 0.2) is 10.7 Å². The fourth-order valence-electron chi connectivity index (χ4n) is 3.35. The van der Waals surface area contributed by atoms with E-state index in [-0.39, 0.29) is 11.0 Å². The third-order valence-corrected chi connectivity index (χ3v) is 5.51. The second-order valence-electron chi connectivity index (χ2n) is 7.28. The topological polar surface area (TPSA) is 76.4 Å². The van der Waals surface area contributed by atoms with Gasteiger partial charge in [-0.15, -0.1) is 0 Å². The Labute approximate surface area is 199 Å². The first-order valence-electron chi connectivity index (χ1n) is 9.78. The summed E-state index contributed by atoms with van der Waals surface area (Å²) >= 11 is 8.72. The predicted octanol–water partition coefficient (Wildman–Crippen LogP) is 6.01. The van der Waals surface area contributed by atoms with E-state index in [9.17, 15) is 4.79 Å². The van der Waals surface area contributed by atoms with Crippen molar-refractivity contribution >= 4 is 56.0 Å². The summed E-state index contributed by atoms with van der Waals surface area (Å²) < 4.78 is 12.0. The number of methoxy groups -OCH3 is 1. The van der Waals surface area contributed by atoms with Gasteiger partial charge in [-0.2, -0.15) is 0 Å². The first kappa shape index (κ1) is 22.0. The zero-order chi connectivity index (χ0) is 22.8. The number of hydrogen-bond donors (Lipinski definition) is 2. The van der Waals surface area contributed by atoms with E-state index < -0.39 is 0 Å². The van der Waals surface area contributed by atoms with E-state index >= 15 is 0 Å². The molecule has 0 spiro atoms. The fraction of sp³-hybridized carbons (Fsp3) is 0.125. The maximum absolute atomic E-state index is 12.7. The number of carbonyl (C=O) groups excluding carboxylic acids is 1. The molecule has 4 aromatic rings.